The zero-order chi connectivity index (χ0) is 22.4. The van der Waals surface area contributed by atoms with Gasteiger partial charge in [0.2, 0.25) is 5.95 Å². The molecule has 3 rings (SSSR count). The highest BCUT2D eigenvalue weighted by Gasteiger charge is 2.38. The third-order valence-electron chi connectivity index (χ3n) is 4.71. The average molecular weight is 452 g/mol. The Morgan fingerprint density at radius 1 is 1.37 bits per heavy atom. The molecule has 0 N–H and O–H groups in total. The molecule has 162 valence electrons. The molecule has 1 aliphatic rings. The van der Waals surface area contributed by atoms with E-state index in [9.17, 15) is 31.1 Å². The van der Waals surface area contributed by atoms with Crippen LogP contribution in [0.2, 0.25) is 5.02 Å². The van der Waals surface area contributed by atoms with Gasteiger partial charge >= 0.3 is 6.18 Å². The molecule has 0 spiro atoms. The summed E-state index contributed by atoms with van der Waals surface area (Å²) in [6.45, 7) is 3.55. The number of carbonyl (C=O) groups is 1. The van der Waals surface area contributed by atoms with E-state index < -0.39 is 41.3 Å². The summed E-state index contributed by atoms with van der Waals surface area (Å²) >= 11 is 5.96. The molecular formula is C19H16ClF6N3O. The van der Waals surface area contributed by atoms with Gasteiger partial charge in [-0.1, -0.05) is 24.2 Å². The van der Waals surface area contributed by atoms with Gasteiger partial charge in [0, 0.05) is 24.7 Å². The van der Waals surface area contributed by atoms with Crippen molar-refractivity contribution >= 4 is 23.1 Å². The quantitative estimate of drug-likeness (QED) is 0.545. The van der Waals surface area contributed by atoms with Gasteiger partial charge in [0.05, 0.1) is 5.56 Å². The summed E-state index contributed by atoms with van der Waals surface area (Å²) in [6, 6.07) is 2.36. The molecule has 2 aromatic rings. The Morgan fingerprint density at radius 3 is 2.50 bits per heavy atom. The SMILES string of the molecule is C=C(CN(C(=O)c1c(C(F)F)nn(C)c1F)C1CC1)c1ccc(C(F)(F)F)cc1Cl. The number of rotatable bonds is 6. The van der Waals surface area contributed by atoms with E-state index in [1.54, 1.807) is 0 Å². The second kappa shape index (κ2) is 7.98. The van der Waals surface area contributed by atoms with Crippen LogP contribution >= 0.6 is 11.6 Å². The van der Waals surface area contributed by atoms with Crippen LogP contribution in [-0.4, -0.2) is 33.2 Å². The first-order valence-electron chi connectivity index (χ1n) is 8.78. The third kappa shape index (κ3) is 4.33. The van der Waals surface area contributed by atoms with E-state index >= 15 is 0 Å². The number of aryl methyl sites for hydroxylation is 1. The molecule has 0 atom stereocenters. The van der Waals surface area contributed by atoms with Gasteiger partial charge in [0.15, 0.2) is 0 Å². The summed E-state index contributed by atoms with van der Waals surface area (Å²) in [6.07, 6.45) is -6.59. The van der Waals surface area contributed by atoms with E-state index in [-0.39, 0.29) is 28.7 Å². The number of benzene rings is 1. The molecule has 1 aromatic carbocycles. The van der Waals surface area contributed by atoms with E-state index in [4.69, 9.17) is 11.6 Å². The second-order valence-electron chi connectivity index (χ2n) is 6.94. The molecule has 1 aromatic heterocycles. The Hall–Kier alpha value is -2.49. The molecule has 0 bridgehead atoms. The van der Waals surface area contributed by atoms with Crippen molar-refractivity contribution in [1.29, 1.82) is 0 Å². The molecule has 4 nitrogen and oxygen atoms in total. The summed E-state index contributed by atoms with van der Waals surface area (Å²) in [5, 5.41) is 3.15. The van der Waals surface area contributed by atoms with E-state index in [1.807, 2.05) is 0 Å². The van der Waals surface area contributed by atoms with Crippen molar-refractivity contribution in [2.24, 2.45) is 7.05 Å². The van der Waals surface area contributed by atoms with E-state index in [0.717, 1.165) is 25.2 Å². The molecule has 30 heavy (non-hydrogen) atoms. The van der Waals surface area contributed by atoms with Crippen molar-refractivity contribution in [3.05, 3.63) is 58.1 Å². The highest BCUT2D eigenvalue weighted by molar-refractivity contribution is 6.32. The predicted octanol–water partition coefficient (Wildman–Crippen LogP) is 5.49. The Bertz CT molecular complexity index is 997. The number of carbonyl (C=O) groups excluding carboxylic acids is 1. The van der Waals surface area contributed by atoms with Crippen molar-refractivity contribution in [2.45, 2.75) is 31.5 Å². The number of hydrogen-bond donors (Lipinski definition) is 0. The highest BCUT2D eigenvalue weighted by Crippen LogP contribution is 2.36. The number of nitrogens with zero attached hydrogens (tertiary/aromatic N) is 3. The standard InChI is InChI=1S/C19H16ClF6N3O/c1-9(12-6-3-10(7-13(12)20)19(24,25)26)8-29(11-4-5-11)18(30)14-15(16(21)22)27-28(2)17(14)23/h3,6-7,11,16H,1,4-5,8H2,2H3. The normalized spacial score (nSPS) is 14.3. The summed E-state index contributed by atoms with van der Waals surface area (Å²) < 4.78 is 79.8. The third-order valence-corrected chi connectivity index (χ3v) is 5.02. The van der Waals surface area contributed by atoms with Gasteiger partial charge in [-0.25, -0.2) is 13.5 Å². The van der Waals surface area contributed by atoms with E-state index in [2.05, 4.69) is 11.7 Å². The van der Waals surface area contributed by atoms with E-state index in [0.29, 0.717) is 17.5 Å². The van der Waals surface area contributed by atoms with Gasteiger partial charge in [0.25, 0.3) is 12.3 Å². The van der Waals surface area contributed by atoms with Crippen LogP contribution < -0.4 is 0 Å². The molecule has 11 heteroatoms. The summed E-state index contributed by atoms with van der Waals surface area (Å²) in [5.41, 5.74) is -2.38. The maximum atomic E-state index is 14.3. The molecule has 0 unspecified atom stereocenters. The Labute approximate surface area is 172 Å². The minimum Gasteiger partial charge on any atom is -0.331 e. The van der Waals surface area contributed by atoms with Gasteiger partial charge in [0.1, 0.15) is 11.3 Å². The van der Waals surface area contributed by atoms with Gasteiger partial charge in [-0.2, -0.15) is 22.7 Å². The maximum Gasteiger partial charge on any atom is 0.416 e. The van der Waals surface area contributed by atoms with E-state index in [1.165, 1.54) is 4.90 Å². The van der Waals surface area contributed by atoms with Crippen LogP contribution in [0.3, 0.4) is 0 Å². The fraction of sp³-hybridized carbons (Fsp3) is 0.368. The molecule has 1 amide bonds. The molecule has 0 radical (unpaired) electrons. The minimum atomic E-state index is -4.58. The van der Waals surface area contributed by atoms with Crippen molar-refractivity contribution in [1.82, 2.24) is 14.7 Å². The maximum absolute atomic E-state index is 14.3. The first-order valence-corrected chi connectivity index (χ1v) is 9.16. The topological polar surface area (TPSA) is 38.1 Å². The van der Waals surface area contributed by atoms with Crippen LogP contribution in [0.4, 0.5) is 26.3 Å². The molecule has 1 fully saturated rings. The lowest BCUT2D eigenvalue weighted by molar-refractivity contribution is -0.137. The smallest absolute Gasteiger partial charge is 0.331 e. The fourth-order valence-corrected chi connectivity index (χ4v) is 3.35. The van der Waals surface area contributed by atoms with Crippen molar-refractivity contribution in [3.8, 4) is 0 Å². The lowest BCUT2D eigenvalue weighted by Gasteiger charge is -2.24. The van der Waals surface area contributed by atoms with Crippen LogP contribution in [0.25, 0.3) is 5.57 Å². The largest absolute Gasteiger partial charge is 0.416 e. The zero-order valence-electron chi connectivity index (χ0n) is 15.6. The summed E-state index contributed by atoms with van der Waals surface area (Å²) in [5.74, 6) is -2.18. The van der Waals surface area contributed by atoms with Crippen molar-refractivity contribution in [2.75, 3.05) is 6.54 Å². The van der Waals surface area contributed by atoms with Gasteiger partial charge < -0.3 is 4.90 Å². The minimum absolute atomic E-state index is 0.170. The molecule has 1 heterocycles. The highest BCUT2D eigenvalue weighted by atomic mass is 35.5. The molecule has 1 aliphatic carbocycles. The number of aromatic nitrogens is 2. The first-order chi connectivity index (χ1) is 13.9. The molecule has 0 saturated heterocycles. The van der Waals surface area contributed by atoms with Crippen LogP contribution in [-0.2, 0) is 13.2 Å². The second-order valence-corrected chi connectivity index (χ2v) is 7.34. The lowest BCUT2D eigenvalue weighted by Crippen LogP contribution is -2.35. The Morgan fingerprint density at radius 2 is 2.00 bits per heavy atom. The average Bonchev–Trinajstić information content (AvgIpc) is 3.44. The predicted molar refractivity (Wildman–Crippen MR) is 97.7 cm³/mol. The van der Waals surface area contributed by atoms with Crippen LogP contribution in [0, 0.1) is 5.95 Å². The Kier molecular flexibility index (Phi) is 5.90. The van der Waals surface area contributed by atoms with Crippen LogP contribution in [0.1, 0.15) is 46.4 Å². The van der Waals surface area contributed by atoms with Gasteiger partial charge in [-0.3, -0.25) is 4.79 Å². The first kappa shape index (κ1) is 22.2. The van der Waals surface area contributed by atoms with Gasteiger partial charge in [-0.05, 0) is 36.1 Å². The molecular weight excluding hydrogens is 436 g/mol. The van der Waals surface area contributed by atoms with Crippen LogP contribution in [0.5, 0.6) is 0 Å². The Balaban J connectivity index is 1.89. The fourth-order valence-electron chi connectivity index (χ4n) is 3.04. The molecule has 0 aliphatic heterocycles. The summed E-state index contributed by atoms with van der Waals surface area (Å²) in [4.78, 5) is 14.1. The number of hydrogen-bond acceptors (Lipinski definition) is 2. The summed E-state index contributed by atoms with van der Waals surface area (Å²) in [7, 11) is 1.10. The number of amides is 1. The zero-order valence-corrected chi connectivity index (χ0v) is 16.4. The number of halogens is 7. The van der Waals surface area contributed by atoms with Crippen molar-refractivity contribution in [3.63, 3.8) is 0 Å². The van der Waals surface area contributed by atoms with Gasteiger partial charge in [-0.15, -0.1) is 0 Å². The van der Waals surface area contributed by atoms with Crippen LogP contribution in [0.15, 0.2) is 24.8 Å². The van der Waals surface area contributed by atoms with Crippen molar-refractivity contribution < 1.29 is 31.1 Å². The number of alkyl halides is 5. The monoisotopic (exact) mass is 451 g/mol. The molecule has 1 saturated carbocycles. The lowest BCUT2D eigenvalue weighted by atomic mass is 10.0.